The molecule has 0 radical (unpaired) electrons. The lowest BCUT2D eigenvalue weighted by molar-refractivity contribution is -0.121. The van der Waals surface area contributed by atoms with Crippen molar-refractivity contribution in [2.45, 2.75) is 46.0 Å². The summed E-state index contributed by atoms with van der Waals surface area (Å²) in [4.78, 5) is 28.5. The Hall–Kier alpha value is -1.81. The molecule has 1 aliphatic heterocycles. The zero-order valence-electron chi connectivity index (χ0n) is 17.1. The third-order valence-corrected chi connectivity index (χ3v) is 7.12. The number of benzene rings is 2. The molecule has 2 aromatic carbocycles. The summed E-state index contributed by atoms with van der Waals surface area (Å²) in [5, 5.41) is 1.46. The Morgan fingerprint density at radius 2 is 1.70 bits per heavy atom. The molecule has 0 aromatic heterocycles. The average Bonchev–Trinajstić information content (AvgIpc) is 2.65. The Morgan fingerprint density at radius 1 is 0.967 bits per heavy atom. The Bertz CT molecular complexity index is 1100. The normalized spacial score (nSPS) is 21.1. The predicted molar refractivity (Wildman–Crippen MR) is 123 cm³/mol. The molecule has 156 valence electrons. The molecule has 1 unspecified atom stereocenters. The van der Waals surface area contributed by atoms with Gasteiger partial charge >= 0.3 is 0 Å². The first-order valence-electron chi connectivity index (χ1n) is 9.88. The van der Waals surface area contributed by atoms with Gasteiger partial charge in [-0.1, -0.05) is 60.8 Å². The molecule has 0 fully saturated rings. The molecule has 1 heterocycles. The van der Waals surface area contributed by atoms with E-state index in [0.29, 0.717) is 33.5 Å². The van der Waals surface area contributed by atoms with Crippen LogP contribution in [0.2, 0.25) is 15.1 Å². The van der Waals surface area contributed by atoms with E-state index in [1.165, 1.54) is 0 Å². The molecule has 2 aliphatic rings. The van der Waals surface area contributed by atoms with Gasteiger partial charge in [-0.25, -0.2) is 0 Å². The first kappa shape index (κ1) is 21.4. The van der Waals surface area contributed by atoms with Crippen LogP contribution in [0, 0.1) is 12.3 Å². The predicted octanol–water partition coefficient (Wildman–Crippen LogP) is 7.12. The van der Waals surface area contributed by atoms with Gasteiger partial charge in [-0.3, -0.25) is 14.5 Å². The summed E-state index contributed by atoms with van der Waals surface area (Å²) in [7, 11) is 0. The number of nitrogens with zero attached hydrogens (tertiary/aromatic N) is 1. The molecule has 0 N–H and O–H groups in total. The van der Waals surface area contributed by atoms with Crippen molar-refractivity contribution in [1.29, 1.82) is 0 Å². The van der Waals surface area contributed by atoms with Crippen LogP contribution in [0.4, 0.5) is 5.69 Å². The molecule has 3 nitrogen and oxygen atoms in total. The quantitative estimate of drug-likeness (QED) is 0.476. The van der Waals surface area contributed by atoms with Gasteiger partial charge < -0.3 is 0 Å². The highest BCUT2D eigenvalue weighted by Crippen LogP contribution is 2.49. The number of hydrogen-bond acceptors (Lipinski definition) is 2. The van der Waals surface area contributed by atoms with Crippen LogP contribution in [-0.4, -0.2) is 11.7 Å². The van der Waals surface area contributed by atoms with E-state index < -0.39 is 0 Å². The van der Waals surface area contributed by atoms with Crippen molar-refractivity contribution in [3.8, 4) is 0 Å². The summed E-state index contributed by atoms with van der Waals surface area (Å²) in [6.45, 7) is 6.02. The number of allylic oxidation sites excluding steroid dienone is 2. The van der Waals surface area contributed by atoms with Gasteiger partial charge in [0, 0.05) is 35.1 Å². The highest BCUT2D eigenvalue weighted by atomic mass is 35.5. The van der Waals surface area contributed by atoms with Crippen molar-refractivity contribution >= 4 is 52.2 Å². The van der Waals surface area contributed by atoms with Crippen LogP contribution in [0.25, 0.3) is 0 Å². The Kier molecular flexibility index (Phi) is 5.50. The Morgan fingerprint density at radius 3 is 2.40 bits per heavy atom. The molecule has 1 amide bonds. The number of hydrogen-bond donors (Lipinski definition) is 0. The lowest BCUT2D eigenvalue weighted by Crippen LogP contribution is -2.44. The van der Waals surface area contributed by atoms with Crippen LogP contribution in [0.15, 0.2) is 47.7 Å². The second kappa shape index (κ2) is 7.71. The summed E-state index contributed by atoms with van der Waals surface area (Å²) in [6, 6.07) is 10.9. The molecule has 0 saturated carbocycles. The van der Waals surface area contributed by atoms with Gasteiger partial charge in [0.1, 0.15) is 0 Å². The number of halogens is 3. The number of carbonyl (C=O) groups is 2. The van der Waals surface area contributed by atoms with E-state index >= 15 is 0 Å². The lowest BCUT2D eigenvalue weighted by atomic mass is 9.69. The fraction of sp³-hybridized carbons (Fsp3) is 0.333. The van der Waals surface area contributed by atoms with E-state index in [9.17, 15) is 9.59 Å². The zero-order chi connectivity index (χ0) is 21.8. The van der Waals surface area contributed by atoms with Crippen molar-refractivity contribution in [3.05, 3.63) is 73.9 Å². The maximum atomic E-state index is 13.4. The number of anilines is 1. The van der Waals surface area contributed by atoms with Gasteiger partial charge in [0.15, 0.2) is 5.78 Å². The minimum atomic E-state index is -0.332. The summed E-state index contributed by atoms with van der Waals surface area (Å²) < 4.78 is 0. The van der Waals surface area contributed by atoms with Crippen LogP contribution >= 0.6 is 34.8 Å². The molecule has 1 aliphatic carbocycles. The smallest absolute Gasteiger partial charge is 0.232 e. The summed E-state index contributed by atoms with van der Waals surface area (Å²) in [5.74, 6) is -0.309. The number of amides is 1. The Labute approximate surface area is 191 Å². The lowest BCUT2D eigenvalue weighted by Gasteiger charge is -2.43. The minimum absolute atomic E-state index is 0.0549. The highest BCUT2D eigenvalue weighted by Gasteiger charge is 2.44. The third-order valence-electron chi connectivity index (χ3n) is 5.97. The fourth-order valence-electron chi connectivity index (χ4n) is 4.55. The van der Waals surface area contributed by atoms with Crippen LogP contribution < -0.4 is 4.90 Å². The van der Waals surface area contributed by atoms with E-state index in [1.54, 1.807) is 23.1 Å². The summed E-state index contributed by atoms with van der Waals surface area (Å²) in [6.07, 6.45) is 1.26. The van der Waals surface area contributed by atoms with Crippen molar-refractivity contribution < 1.29 is 9.59 Å². The second-order valence-electron chi connectivity index (χ2n) is 8.84. The van der Waals surface area contributed by atoms with E-state index in [4.69, 9.17) is 34.8 Å². The van der Waals surface area contributed by atoms with E-state index in [-0.39, 0.29) is 29.4 Å². The first-order valence-corrected chi connectivity index (χ1v) is 11.0. The molecule has 0 saturated heterocycles. The molecule has 30 heavy (non-hydrogen) atoms. The van der Waals surface area contributed by atoms with Crippen molar-refractivity contribution in [2.75, 3.05) is 4.90 Å². The van der Waals surface area contributed by atoms with Gasteiger partial charge in [0.05, 0.1) is 15.7 Å². The average molecular weight is 463 g/mol. The topological polar surface area (TPSA) is 37.4 Å². The zero-order valence-corrected chi connectivity index (χ0v) is 19.3. The van der Waals surface area contributed by atoms with Gasteiger partial charge in [-0.05, 0) is 54.2 Å². The van der Waals surface area contributed by atoms with Gasteiger partial charge in [0.2, 0.25) is 5.91 Å². The van der Waals surface area contributed by atoms with Crippen molar-refractivity contribution in [1.82, 2.24) is 0 Å². The van der Waals surface area contributed by atoms with E-state index in [1.807, 2.05) is 25.1 Å². The molecular formula is C24H22Cl3NO2. The third kappa shape index (κ3) is 3.68. The summed E-state index contributed by atoms with van der Waals surface area (Å²) >= 11 is 18.7. The van der Waals surface area contributed by atoms with Gasteiger partial charge in [-0.15, -0.1) is 0 Å². The molecule has 0 bridgehead atoms. The number of carbonyl (C=O) groups excluding carboxylic acids is 2. The standard InChI is InChI=1S/C24H22Cl3NO2/c1-13-16(25)5-4-6-19(13)28-20-11-24(2,3)12-21(29)23(20)15(10-22(28)30)14-7-8-17(26)18(27)9-14/h4-9,15H,10-12H2,1-3H3. The monoisotopic (exact) mass is 461 g/mol. The van der Waals surface area contributed by atoms with Gasteiger partial charge in [0.25, 0.3) is 0 Å². The number of Topliss-reactive ketones (excluding diaryl/α,β-unsaturated/α-hetero) is 1. The number of ketones is 1. The fourth-order valence-corrected chi connectivity index (χ4v) is 5.02. The molecule has 2 aromatic rings. The van der Waals surface area contributed by atoms with E-state index in [2.05, 4.69) is 13.8 Å². The Balaban J connectivity index is 1.93. The SMILES string of the molecule is Cc1c(Cl)cccc1N1C(=O)CC(c2ccc(Cl)c(Cl)c2)C2=C1CC(C)(C)CC2=O. The van der Waals surface area contributed by atoms with Crippen molar-refractivity contribution in [3.63, 3.8) is 0 Å². The highest BCUT2D eigenvalue weighted by molar-refractivity contribution is 6.42. The largest absolute Gasteiger partial charge is 0.294 e. The van der Waals surface area contributed by atoms with Crippen LogP contribution in [0.1, 0.15) is 50.2 Å². The maximum Gasteiger partial charge on any atom is 0.232 e. The van der Waals surface area contributed by atoms with Gasteiger partial charge in [-0.2, -0.15) is 0 Å². The van der Waals surface area contributed by atoms with E-state index in [0.717, 1.165) is 22.5 Å². The second-order valence-corrected chi connectivity index (χ2v) is 10.1. The molecule has 6 heteroatoms. The van der Waals surface area contributed by atoms with Crippen LogP contribution in [-0.2, 0) is 9.59 Å². The molecular weight excluding hydrogens is 441 g/mol. The van der Waals surface area contributed by atoms with Crippen molar-refractivity contribution in [2.24, 2.45) is 5.41 Å². The maximum absolute atomic E-state index is 13.4. The molecule has 1 atom stereocenters. The van der Waals surface area contributed by atoms with Crippen LogP contribution in [0.5, 0.6) is 0 Å². The van der Waals surface area contributed by atoms with Crippen LogP contribution in [0.3, 0.4) is 0 Å². The molecule has 4 rings (SSSR count). The molecule has 0 spiro atoms. The first-order chi connectivity index (χ1) is 14.1. The minimum Gasteiger partial charge on any atom is -0.294 e. The number of rotatable bonds is 2. The summed E-state index contributed by atoms with van der Waals surface area (Å²) in [5.41, 5.74) is 3.63.